The van der Waals surface area contributed by atoms with Crippen molar-refractivity contribution in [3.63, 3.8) is 0 Å². The second kappa shape index (κ2) is 101. The van der Waals surface area contributed by atoms with Crippen molar-refractivity contribution in [2.75, 3.05) is 264 Å². The molecule has 0 bridgehead atoms. The first-order chi connectivity index (χ1) is 67.2. The molecule has 0 radical (unpaired) electrons. The van der Waals surface area contributed by atoms with Gasteiger partial charge in [0.25, 0.3) is 0 Å². The van der Waals surface area contributed by atoms with Crippen molar-refractivity contribution >= 4 is 0 Å². The molecule has 2 saturated carbocycles. The molecule has 0 unspecified atom stereocenters. The minimum Gasteiger partial charge on any atom is -0.382 e. The average Bonchev–Trinajstić information content (AvgIpc) is 0.816. The van der Waals surface area contributed by atoms with Gasteiger partial charge in [-0.2, -0.15) is 0 Å². The first-order valence-electron chi connectivity index (χ1n) is 57.0. The zero-order chi connectivity index (χ0) is 111. The number of hydrogen-bond acceptors (Lipinski definition) is 28. The van der Waals surface area contributed by atoms with Gasteiger partial charge >= 0.3 is 0 Å². The maximum absolute atomic E-state index is 5.73. The van der Waals surface area contributed by atoms with E-state index in [-0.39, 0.29) is 49.9 Å². The molecule has 28 heteroatoms. The van der Waals surface area contributed by atoms with Crippen LogP contribution in [0.5, 0.6) is 0 Å². The lowest BCUT2D eigenvalue weighted by molar-refractivity contribution is -0.0914. The third kappa shape index (κ3) is 149. The predicted molar refractivity (Wildman–Crippen MR) is 615 cm³/mol. The van der Waals surface area contributed by atoms with E-state index in [9.17, 15) is 0 Å². The van der Waals surface area contributed by atoms with Gasteiger partial charge in [-0.05, 0) is 360 Å². The Balaban J connectivity index is -0.000000290. The Morgan fingerprint density at radius 1 is 0.229 bits per heavy atom. The Hall–Kier alpha value is -1.38. The molecule has 2 aliphatic carbocycles. The summed E-state index contributed by atoms with van der Waals surface area (Å²) in [5.41, 5.74) is 2.14. The number of nitrogens with zero attached hydrogens (tertiary/aromatic N) is 1. The summed E-state index contributed by atoms with van der Waals surface area (Å²) >= 11 is 0. The Morgan fingerprint density at radius 2 is 0.486 bits per heavy atom. The smallest absolute Gasteiger partial charge is 0.0829 e. The zero-order valence-corrected chi connectivity index (χ0v) is 103. The van der Waals surface area contributed by atoms with Crippen LogP contribution >= 0.6 is 0 Å². The van der Waals surface area contributed by atoms with Crippen LogP contribution in [0.4, 0.5) is 0 Å². The Morgan fingerprint density at radius 3 is 0.806 bits per heavy atom. The predicted octanol–water partition coefficient (Wildman–Crippen LogP) is 21.0. The van der Waals surface area contributed by atoms with Crippen LogP contribution < -0.4 is 47.9 Å². The van der Waals surface area contributed by atoms with E-state index in [1.807, 2.05) is 74.5 Å². The molecule has 1 heterocycles. The Labute approximate surface area is 894 Å². The van der Waals surface area contributed by atoms with E-state index < -0.39 is 0 Å². The highest BCUT2D eigenvalue weighted by molar-refractivity contribution is 4.92. The van der Waals surface area contributed by atoms with Crippen molar-refractivity contribution in [2.45, 2.75) is 485 Å². The van der Waals surface area contributed by atoms with Crippen molar-refractivity contribution in [1.82, 2.24) is 52.8 Å². The summed E-state index contributed by atoms with van der Waals surface area (Å²) in [6, 6.07) is 1.28. The fourth-order valence-electron chi connectivity index (χ4n) is 12.5. The summed E-state index contributed by atoms with van der Waals surface area (Å²) in [7, 11) is 0. The molecule has 144 heavy (non-hydrogen) atoms. The molecule has 0 spiro atoms. The molecule has 0 aromatic carbocycles. The first-order valence-corrected chi connectivity index (χ1v) is 57.0. The lowest BCUT2D eigenvalue weighted by Crippen LogP contribution is -2.59. The second-order valence-corrected chi connectivity index (χ2v) is 47.9. The lowest BCUT2D eigenvalue weighted by Gasteiger charge is -2.47. The fourth-order valence-corrected chi connectivity index (χ4v) is 12.5. The summed E-state index contributed by atoms with van der Waals surface area (Å²) in [4.78, 5) is 2.44. The molecule has 3 rings (SSSR count). The highest BCUT2D eigenvalue weighted by Gasteiger charge is 2.36. The lowest BCUT2D eigenvalue weighted by atomic mass is 9.87. The summed E-state index contributed by atoms with van der Waals surface area (Å²) in [6.45, 7) is 123. The number of nitrogens with one attached hydrogen (secondary N) is 9. The average molecular weight is 2080 g/mol. The molecule has 0 aromatic rings. The van der Waals surface area contributed by atoms with Crippen molar-refractivity contribution in [3.05, 3.63) is 12.2 Å². The Bertz CT molecular complexity index is 2400. The number of unbranched alkanes of at least 4 members (excludes halogenated alkanes) is 3. The van der Waals surface area contributed by atoms with Gasteiger partial charge in [-0.3, -0.25) is 4.90 Å². The molecule has 0 amide bonds. The fraction of sp³-hybridized carbons (Fsp3) is 0.983. The van der Waals surface area contributed by atoms with E-state index >= 15 is 0 Å². The number of rotatable bonds is 72. The maximum Gasteiger partial charge on any atom is 0.0829 e. The second-order valence-electron chi connectivity index (χ2n) is 47.9. The monoisotopic (exact) mass is 2080 g/mol. The van der Waals surface area contributed by atoms with Crippen LogP contribution in [0, 0.1) is 0 Å². The highest BCUT2D eigenvalue weighted by Crippen LogP contribution is 2.27. The standard InChI is InChI=1S/3C12H25NO2.2C12H27NO2.C12H25NO2.C12H27NO.2C11H25NO2.C10H23NO/c2*1-5-14-6-7-15-11-8-10(9-11)13-12(2,3)4;1-5-14-7-6-8-15-11-9-13(10-11)12(2,3)4;2*1-11(2)15-9-6-8-14-10-7-13-12(3,4)5;1-5-14-9-6-7-10-15-11-8-13-12(2,3)4;1-5-6-7-10-14-11-8-9-13-12(2,3)4;1-5-13-9-10-14-8-6-7-12-11(2,3)4;1-5-7-13-9-10-14-8-6-12-11(2,3)4;1-5-6-8-12-9-7-11-10(2,3)4/h2*10-11,13H,5-9H2,1-4H3;11H,5-10H2,1-4H3;2*11,13H,6-10H2,1-5H3;6-7,13H,5,8-11H2,1-4H3;13H,5-11H2,1-4H3;2*12H,5-10H2,1-4H3;11H,5-9H2,1-4H3/b;;;;;7-6-;;;;. The van der Waals surface area contributed by atoms with Gasteiger partial charge in [-0.1, -0.05) is 52.2 Å². The largest absolute Gasteiger partial charge is 0.382 e. The third-order valence-electron chi connectivity index (χ3n) is 20.0. The van der Waals surface area contributed by atoms with Gasteiger partial charge < -0.3 is 133 Å². The van der Waals surface area contributed by atoms with Crippen LogP contribution in [0.1, 0.15) is 387 Å². The van der Waals surface area contributed by atoms with E-state index in [1.54, 1.807) is 0 Å². The van der Waals surface area contributed by atoms with Crippen molar-refractivity contribution < 1.29 is 85.3 Å². The SMILES string of the molecule is CC(C)OCCCOCCNC(C)(C)C.CC(C)OCCCOCCNC(C)(C)C.CCCCCOCCCNC(C)(C)C.CCCCOCCNC(C)(C)C.CCCOCCOCCNC(C)(C)C.CCOC/C=C\COCCNC(C)(C)C.CCOCCCOC1CN(C(C)(C)C)C1.CCOCCOC1CC(NC(C)(C)C)C1.CCOCCOC1CC(NC(C)(C)C)C1.CCOCCOCCCNC(C)(C)C. The van der Waals surface area contributed by atoms with E-state index in [0.29, 0.717) is 87.8 Å². The van der Waals surface area contributed by atoms with E-state index in [2.05, 4.69) is 281 Å². The van der Waals surface area contributed by atoms with Gasteiger partial charge in [0.1, 0.15) is 0 Å². The summed E-state index contributed by atoms with van der Waals surface area (Å²) in [6.07, 6.45) is 22.9. The van der Waals surface area contributed by atoms with E-state index in [4.69, 9.17) is 85.3 Å². The van der Waals surface area contributed by atoms with Crippen LogP contribution in [-0.4, -0.2) is 367 Å². The van der Waals surface area contributed by atoms with Crippen LogP contribution in [0.3, 0.4) is 0 Å². The molecular weight excluding hydrogens is 1820 g/mol. The number of hydrogen-bond donors (Lipinski definition) is 9. The minimum absolute atomic E-state index is 0.175. The molecule has 0 atom stereocenters. The molecule has 0 aromatic heterocycles. The quantitative estimate of drug-likeness (QED) is 0.0202. The topological polar surface area (TPSA) is 278 Å². The van der Waals surface area contributed by atoms with Crippen LogP contribution in [0.15, 0.2) is 12.2 Å². The zero-order valence-electron chi connectivity index (χ0n) is 103. The highest BCUT2D eigenvalue weighted by atomic mass is 16.6. The van der Waals surface area contributed by atoms with Crippen molar-refractivity contribution in [2.24, 2.45) is 0 Å². The molecule has 9 N–H and O–H groups in total. The van der Waals surface area contributed by atoms with Gasteiger partial charge in [-0.25, -0.2) is 0 Å². The van der Waals surface area contributed by atoms with Gasteiger partial charge in [0, 0.05) is 219 Å². The Kier molecular flexibility index (Phi) is 109. The third-order valence-corrected chi connectivity index (χ3v) is 20.0. The first kappa shape index (κ1) is 156. The van der Waals surface area contributed by atoms with Crippen LogP contribution in [0.2, 0.25) is 0 Å². The summed E-state index contributed by atoms with van der Waals surface area (Å²) in [5.74, 6) is 0. The number of ether oxygens (including phenoxy) is 18. The van der Waals surface area contributed by atoms with Gasteiger partial charge in [-0.15, -0.1) is 0 Å². The molecule has 876 valence electrons. The van der Waals surface area contributed by atoms with Crippen molar-refractivity contribution in [1.29, 1.82) is 0 Å². The number of likely N-dealkylation sites (tertiary alicyclic amines) is 1. The normalized spacial score (nSPS) is 15.9. The van der Waals surface area contributed by atoms with Crippen molar-refractivity contribution in [3.8, 4) is 0 Å². The summed E-state index contributed by atoms with van der Waals surface area (Å²) < 4.78 is 97.2. The van der Waals surface area contributed by atoms with Crippen LogP contribution in [0.25, 0.3) is 0 Å². The molecule has 1 saturated heterocycles. The molecule has 3 aliphatic rings. The van der Waals surface area contributed by atoms with E-state index in [1.165, 1.54) is 32.1 Å². The van der Waals surface area contributed by atoms with Gasteiger partial charge in [0.05, 0.1) is 130 Å². The molecule has 1 aliphatic heterocycles. The molecule has 28 nitrogen and oxygen atoms in total. The molecule has 3 fully saturated rings. The summed E-state index contributed by atoms with van der Waals surface area (Å²) in [5, 5.41) is 30.8. The van der Waals surface area contributed by atoms with E-state index in [0.717, 1.165) is 288 Å². The maximum atomic E-state index is 5.73. The van der Waals surface area contributed by atoms with Gasteiger partial charge in [0.2, 0.25) is 0 Å². The van der Waals surface area contributed by atoms with Gasteiger partial charge in [0.15, 0.2) is 0 Å². The van der Waals surface area contributed by atoms with Crippen LogP contribution in [-0.2, 0) is 85.3 Å². The molecular formula is C116H254N10O18. The minimum atomic E-state index is 0.175.